The lowest BCUT2D eigenvalue weighted by molar-refractivity contribution is 0.511. The second-order valence-corrected chi connectivity index (χ2v) is 6.59. The highest BCUT2D eigenvalue weighted by Crippen LogP contribution is 2.20. The lowest BCUT2D eigenvalue weighted by atomic mass is 10.2. The molecule has 0 spiro atoms. The highest BCUT2D eigenvalue weighted by molar-refractivity contribution is 7.80. The van der Waals surface area contributed by atoms with Crippen LogP contribution in [-0.2, 0) is 13.1 Å². The van der Waals surface area contributed by atoms with Crippen LogP contribution in [0.3, 0.4) is 0 Å². The zero-order valence-corrected chi connectivity index (χ0v) is 16.4. The van der Waals surface area contributed by atoms with Gasteiger partial charge in [-0.3, -0.25) is 14.3 Å². The Morgan fingerprint density at radius 2 is 2.03 bits per heavy atom. The van der Waals surface area contributed by atoms with E-state index in [1.165, 1.54) is 15.7 Å². The summed E-state index contributed by atoms with van der Waals surface area (Å²) in [6, 6.07) is 12.8. The van der Waals surface area contributed by atoms with Crippen molar-refractivity contribution in [2.75, 3.05) is 17.2 Å². The summed E-state index contributed by atoms with van der Waals surface area (Å²) in [5.41, 5.74) is 6.00. The number of aromatic amines is 1. The molecule has 0 saturated heterocycles. The smallest absolute Gasteiger partial charge is 0.330 e. The van der Waals surface area contributed by atoms with Crippen LogP contribution in [0.1, 0.15) is 11.3 Å². The molecule has 0 unspecified atom stereocenters. The summed E-state index contributed by atoms with van der Waals surface area (Å²) in [4.78, 5) is 29.0. The normalized spacial score (nSPS) is 10.5. The molecule has 4 N–H and O–H groups in total. The van der Waals surface area contributed by atoms with Gasteiger partial charge < -0.3 is 20.4 Å². The van der Waals surface area contributed by atoms with Crippen LogP contribution in [0.15, 0.2) is 75.4 Å². The zero-order chi connectivity index (χ0) is 20.8. The number of nitrogens with one attached hydrogen (secondary N) is 2. The second-order valence-electron chi connectivity index (χ2n) is 6.21. The number of benzene rings is 1. The number of nitrogens with zero attached hydrogens (tertiary/aromatic N) is 2. The first-order valence-corrected chi connectivity index (χ1v) is 9.27. The van der Waals surface area contributed by atoms with Gasteiger partial charge in [-0.15, -0.1) is 6.58 Å². The van der Waals surface area contributed by atoms with Gasteiger partial charge in [-0.05, 0) is 29.9 Å². The van der Waals surface area contributed by atoms with E-state index in [0.717, 1.165) is 5.56 Å². The summed E-state index contributed by atoms with van der Waals surface area (Å²) in [5.74, 6) is 0.587. The largest absolute Gasteiger partial charge is 0.467 e. The summed E-state index contributed by atoms with van der Waals surface area (Å²) in [6.07, 6.45) is 3.17. The molecule has 8 nitrogen and oxygen atoms in total. The molecule has 0 aliphatic heterocycles. The number of nitrogen functional groups attached to an aromatic ring is 1. The first kappa shape index (κ1) is 20.2. The first-order valence-electron chi connectivity index (χ1n) is 8.86. The summed E-state index contributed by atoms with van der Waals surface area (Å²) in [5, 5.41) is 3.24. The molecule has 0 radical (unpaired) electrons. The molecule has 2 aromatic heterocycles. The third-order valence-corrected chi connectivity index (χ3v) is 4.57. The third-order valence-electron chi connectivity index (χ3n) is 4.20. The Hall–Kier alpha value is -3.59. The van der Waals surface area contributed by atoms with Gasteiger partial charge in [-0.2, -0.15) is 0 Å². The second kappa shape index (κ2) is 9.07. The molecule has 0 fully saturated rings. The quantitative estimate of drug-likeness (QED) is 0.402. The number of hydrogen-bond donors (Lipinski definition) is 3. The summed E-state index contributed by atoms with van der Waals surface area (Å²) in [6.45, 7) is 4.41. The van der Waals surface area contributed by atoms with Gasteiger partial charge in [0.1, 0.15) is 11.6 Å². The minimum atomic E-state index is -0.633. The minimum Gasteiger partial charge on any atom is -0.467 e. The van der Waals surface area contributed by atoms with Gasteiger partial charge in [0, 0.05) is 6.54 Å². The number of H-pyrrole nitrogens is 1. The lowest BCUT2D eigenvalue weighted by Crippen LogP contribution is -2.45. The Balaban J connectivity index is 2.07. The average molecular weight is 411 g/mol. The molecular formula is C20H21N5O3S. The van der Waals surface area contributed by atoms with Crippen molar-refractivity contribution < 1.29 is 4.42 Å². The van der Waals surface area contributed by atoms with E-state index in [1.807, 2.05) is 30.3 Å². The molecule has 9 heteroatoms. The van der Waals surface area contributed by atoms with E-state index in [4.69, 9.17) is 22.4 Å². The molecule has 150 valence electrons. The Morgan fingerprint density at radius 1 is 1.28 bits per heavy atom. The predicted molar refractivity (Wildman–Crippen MR) is 117 cm³/mol. The molecule has 0 amide bonds. The van der Waals surface area contributed by atoms with E-state index in [2.05, 4.69) is 16.9 Å². The number of aromatic nitrogens is 2. The van der Waals surface area contributed by atoms with Crippen molar-refractivity contribution in [2.45, 2.75) is 13.1 Å². The van der Waals surface area contributed by atoms with Gasteiger partial charge in [0.25, 0.3) is 5.56 Å². The zero-order valence-electron chi connectivity index (χ0n) is 15.6. The van der Waals surface area contributed by atoms with E-state index < -0.39 is 11.2 Å². The minimum absolute atomic E-state index is 0.0110. The van der Waals surface area contributed by atoms with E-state index in [0.29, 0.717) is 12.3 Å². The van der Waals surface area contributed by atoms with Crippen LogP contribution in [0.2, 0.25) is 0 Å². The Bertz CT molecular complexity index is 1100. The number of rotatable bonds is 7. The maximum absolute atomic E-state index is 12.7. The number of thiocarbonyl (C=S) groups is 1. The van der Waals surface area contributed by atoms with Crippen molar-refractivity contribution in [2.24, 2.45) is 0 Å². The number of furan rings is 1. The third kappa shape index (κ3) is 4.64. The Labute approximate surface area is 172 Å². The van der Waals surface area contributed by atoms with Crippen molar-refractivity contribution in [1.29, 1.82) is 0 Å². The van der Waals surface area contributed by atoms with Crippen LogP contribution >= 0.6 is 12.2 Å². The molecule has 3 aromatic rings. The monoisotopic (exact) mass is 411 g/mol. The topological polar surface area (TPSA) is 109 Å². The molecule has 1 aromatic carbocycles. The lowest BCUT2D eigenvalue weighted by Gasteiger charge is -2.26. The fourth-order valence-corrected chi connectivity index (χ4v) is 3.07. The summed E-state index contributed by atoms with van der Waals surface area (Å²) in [7, 11) is 0. The fourth-order valence-electron chi connectivity index (χ4n) is 2.83. The van der Waals surface area contributed by atoms with Crippen LogP contribution in [0.25, 0.3) is 0 Å². The summed E-state index contributed by atoms with van der Waals surface area (Å²) < 4.78 is 6.70. The molecule has 0 atom stereocenters. The van der Waals surface area contributed by atoms with E-state index >= 15 is 0 Å². The van der Waals surface area contributed by atoms with Gasteiger partial charge in [0.2, 0.25) is 0 Å². The van der Waals surface area contributed by atoms with Crippen LogP contribution in [0.4, 0.5) is 11.5 Å². The molecule has 2 heterocycles. The molecule has 3 rings (SSSR count). The summed E-state index contributed by atoms with van der Waals surface area (Å²) >= 11 is 5.45. The van der Waals surface area contributed by atoms with Crippen LogP contribution in [0.5, 0.6) is 0 Å². The Kier molecular flexibility index (Phi) is 6.30. The average Bonchev–Trinajstić information content (AvgIpc) is 3.22. The van der Waals surface area contributed by atoms with Gasteiger partial charge in [-0.25, -0.2) is 4.79 Å². The highest BCUT2D eigenvalue weighted by atomic mass is 32.1. The maximum atomic E-state index is 12.7. The van der Waals surface area contributed by atoms with Crippen LogP contribution < -0.4 is 27.2 Å². The van der Waals surface area contributed by atoms with Crippen molar-refractivity contribution in [1.82, 2.24) is 14.9 Å². The van der Waals surface area contributed by atoms with Crippen LogP contribution in [-0.4, -0.2) is 21.2 Å². The number of nitrogens with two attached hydrogens (primary N) is 1. The van der Waals surface area contributed by atoms with Crippen molar-refractivity contribution in [3.05, 3.63) is 93.5 Å². The Morgan fingerprint density at radius 3 is 2.69 bits per heavy atom. The SMILES string of the molecule is C=CCNC(=S)N(Cc1ccco1)c1c(N)n(Cc2ccccc2)c(=O)[nH]c1=O. The predicted octanol–water partition coefficient (Wildman–Crippen LogP) is 1.83. The number of hydrogen-bond acceptors (Lipinski definition) is 5. The molecule has 0 saturated carbocycles. The van der Waals surface area contributed by atoms with Crippen molar-refractivity contribution >= 4 is 28.8 Å². The van der Waals surface area contributed by atoms with Gasteiger partial charge in [-0.1, -0.05) is 36.4 Å². The molecule has 0 aliphatic carbocycles. The van der Waals surface area contributed by atoms with Crippen molar-refractivity contribution in [3.63, 3.8) is 0 Å². The van der Waals surface area contributed by atoms with E-state index in [1.54, 1.807) is 18.2 Å². The molecular weight excluding hydrogens is 390 g/mol. The standard InChI is InChI=1S/C20H21N5O3S/c1-2-10-22-20(29)24(13-15-9-6-11-28-15)16-17(21)25(19(27)23-18(16)26)12-14-7-4-3-5-8-14/h2-9,11H,1,10,12-13,21H2,(H,22,29)(H,23,26,27). The van der Waals surface area contributed by atoms with Crippen LogP contribution in [0, 0.1) is 0 Å². The van der Waals surface area contributed by atoms with E-state index in [9.17, 15) is 9.59 Å². The number of anilines is 2. The highest BCUT2D eigenvalue weighted by Gasteiger charge is 2.23. The first-order chi connectivity index (χ1) is 14.0. The van der Waals surface area contributed by atoms with Crippen molar-refractivity contribution in [3.8, 4) is 0 Å². The molecule has 0 aliphatic rings. The molecule has 29 heavy (non-hydrogen) atoms. The van der Waals surface area contributed by atoms with Gasteiger partial charge >= 0.3 is 5.69 Å². The fraction of sp³-hybridized carbons (Fsp3) is 0.150. The van der Waals surface area contributed by atoms with Gasteiger partial charge in [0.05, 0.1) is 19.4 Å². The maximum Gasteiger partial charge on any atom is 0.330 e. The molecule has 0 bridgehead atoms. The van der Waals surface area contributed by atoms with E-state index in [-0.39, 0.29) is 29.7 Å². The van der Waals surface area contributed by atoms with Gasteiger partial charge in [0.15, 0.2) is 10.8 Å².